The molecule has 0 bridgehead atoms. The van der Waals surface area contributed by atoms with Crippen molar-refractivity contribution in [1.82, 2.24) is 0 Å². The number of carbonyl (C=O) groups excluding carboxylic acids is 1. The van der Waals surface area contributed by atoms with Gasteiger partial charge in [0.15, 0.2) is 5.78 Å². The Morgan fingerprint density at radius 2 is 1.85 bits per heavy atom. The van der Waals surface area contributed by atoms with Gasteiger partial charge >= 0.3 is 0 Å². The van der Waals surface area contributed by atoms with E-state index in [1.807, 2.05) is 6.92 Å². The summed E-state index contributed by atoms with van der Waals surface area (Å²) in [6.45, 7) is 6.37. The van der Waals surface area contributed by atoms with E-state index >= 15 is 0 Å². The topological polar surface area (TPSA) is 72.7 Å². The van der Waals surface area contributed by atoms with Crippen LogP contribution in [0, 0.1) is 16.0 Å². The van der Waals surface area contributed by atoms with Gasteiger partial charge in [-0.15, -0.1) is 0 Å². The number of ketones is 1. The molecule has 0 amide bonds. The number of carbonyl (C=O) groups is 1. The van der Waals surface area contributed by atoms with E-state index in [0.29, 0.717) is 29.4 Å². The first-order valence-electron chi connectivity index (χ1n) is 9.30. The average Bonchev–Trinajstić information content (AvgIpc) is 2.68. The molecule has 0 aliphatic carbocycles. The van der Waals surface area contributed by atoms with Crippen LogP contribution in [0.25, 0.3) is 0 Å². The maximum absolute atomic E-state index is 13.1. The second-order valence-electron chi connectivity index (χ2n) is 6.91. The van der Waals surface area contributed by atoms with E-state index in [1.54, 1.807) is 30.3 Å². The zero-order chi connectivity index (χ0) is 19.4. The molecule has 27 heavy (non-hydrogen) atoms. The molecule has 1 aliphatic heterocycles. The van der Waals surface area contributed by atoms with Crippen molar-refractivity contribution in [3.63, 3.8) is 0 Å². The van der Waals surface area contributed by atoms with Crippen LogP contribution >= 0.6 is 0 Å². The maximum atomic E-state index is 13.1. The van der Waals surface area contributed by atoms with Crippen LogP contribution in [0.1, 0.15) is 42.6 Å². The maximum Gasteiger partial charge on any atom is 0.270 e. The van der Waals surface area contributed by atoms with Gasteiger partial charge in [-0.05, 0) is 56.0 Å². The molecule has 0 spiro atoms. The van der Waals surface area contributed by atoms with Crippen molar-refractivity contribution < 1.29 is 14.5 Å². The molecule has 0 saturated carbocycles. The summed E-state index contributed by atoms with van der Waals surface area (Å²) in [5.74, 6) is 1.14. The first-order chi connectivity index (χ1) is 13.0. The molecule has 6 nitrogen and oxygen atoms in total. The summed E-state index contributed by atoms with van der Waals surface area (Å²) in [6.07, 6.45) is 2.10. The number of hydrogen-bond donors (Lipinski definition) is 0. The van der Waals surface area contributed by atoms with Crippen molar-refractivity contribution in [1.29, 1.82) is 0 Å². The quantitative estimate of drug-likeness (QED) is 0.427. The number of non-ortho nitro benzene ring substituents is 1. The highest BCUT2D eigenvalue weighted by molar-refractivity contribution is 6.12. The molecule has 0 N–H and O–H groups in total. The lowest BCUT2D eigenvalue weighted by Gasteiger charge is -2.33. The number of nitrogens with zero attached hydrogens (tertiary/aromatic N) is 2. The van der Waals surface area contributed by atoms with Crippen LogP contribution in [0.3, 0.4) is 0 Å². The predicted molar refractivity (Wildman–Crippen MR) is 105 cm³/mol. The highest BCUT2D eigenvalue weighted by Crippen LogP contribution is 2.31. The third-order valence-corrected chi connectivity index (χ3v) is 4.99. The van der Waals surface area contributed by atoms with Gasteiger partial charge in [0.1, 0.15) is 5.75 Å². The molecule has 6 heteroatoms. The first kappa shape index (κ1) is 18.9. The lowest BCUT2D eigenvalue weighted by Crippen LogP contribution is -2.33. The molecule has 1 fully saturated rings. The standard InChI is InChI=1S/C21H24N2O4/c1-3-27-18-7-4-16(5-8-18)21(24)19-14-17(23(25)26)6-9-20(19)22-12-10-15(2)11-13-22/h4-9,14-15H,3,10-13H2,1-2H3. The van der Waals surface area contributed by atoms with Gasteiger partial charge in [0.05, 0.1) is 17.1 Å². The van der Waals surface area contributed by atoms with E-state index < -0.39 is 4.92 Å². The predicted octanol–water partition coefficient (Wildman–Crippen LogP) is 4.46. The number of nitro benzene ring substituents is 1. The lowest BCUT2D eigenvalue weighted by molar-refractivity contribution is -0.384. The minimum Gasteiger partial charge on any atom is -0.494 e. The molecule has 3 rings (SSSR count). The van der Waals surface area contributed by atoms with Gasteiger partial charge in [-0.3, -0.25) is 14.9 Å². The van der Waals surface area contributed by atoms with Crippen molar-refractivity contribution in [3.05, 3.63) is 63.7 Å². The van der Waals surface area contributed by atoms with Crippen LogP contribution in [0.5, 0.6) is 5.75 Å². The zero-order valence-electron chi connectivity index (χ0n) is 15.7. The summed E-state index contributed by atoms with van der Waals surface area (Å²) < 4.78 is 5.42. The van der Waals surface area contributed by atoms with Gasteiger partial charge in [0.25, 0.3) is 5.69 Å². The number of hydrogen-bond acceptors (Lipinski definition) is 5. The van der Waals surface area contributed by atoms with Crippen LogP contribution in [0.4, 0.5) is 11.4 Å². The van der Waals surface area contributed by atoms with Crippen LogP contribution in [0.2, 0.25) is 0 Å². The Kier molecular flexibility index (Phi) is 5.74. The first-order valence-corrected chi connectivity index (χ1v) is 9.30. The number of ether oxygens (including phenoxy) is 1. The Hall–Kier alpha value is -2.89. The fraction of sp³-hybridized carbons (Fsp3) is 0.381. The fourth-order valence-electron chi connectivity index (χ4n) is 3.37. The van der Waals surface area contributed by atoms with Gasteiger partial charge < -0.3 is 9.64 Å². The van der Waals surface area contributed by atoms with Crippen LogP contribution in [-0.4, -0.2) is 30.4 Å². The Morgan fingerprint density at radius 3 is 2.44 bits per heavy atom. The SMILES string of the molecule is CCOc1ccc(C(=O)c2cc([N+](=O)[O-])ccc2N2CCC(C)CC2)cc1. The number of rotatable bonds is 6. The molecule has 2 aromatic carbocycles. The number of nitro groups is 1. The van der Waals surface area contributed by atoms with Gasteiger partial charge in [-0.25, -0.2) is 0 Å². The van der Waals surface area contributed by atoms with Crippen molar-refractivity contribution in [3.8, 4) is 5.75 Å². The third-order valence-electron chi connectivity index (χ3n) is 4.99. The van der Waals surface area contributed by atoms with E-state index in [0.717, 1.165) is 31.6 Å². The van der Waals surface area contributed by atoms with Gasteiger partial charge in [-0.2, -0.15) is 0 Å². The second-order valence-corrected chi connectivity index (χ2v) is 6.91. The molecule has 0 aromatic heterocycles. The van der Waals surface area contributed by atoms with E-state index in [4.69, 9.17) is 4.74 Å². The molecule has 2 aromatic rings. The Morgan fingerprint density at radius 1 is 1.19 bits per heavy atom. The van der Waals surface area contributed by atoms with E-state index in [1.165, 1.54) is 12.1 Å². The second kappa shape index (κ2) is 8.20. The highest BCUT2D eigenvalue weighted by Gasteiger charge is 2.24. The molecular formula is C21H24N2O4. The van der Waals surface area contributed by atoms with Crippen molar-refractivity contribution in [2.45, 2.75) is 26.7 Å². The summed E-state index contributed by atoms with van der Waals surface area (Å²) in [6, 6.07) is 11.5. The molecule has 1 saturated heterocycles. The van der Waals surface area contributed by atoms with Crippen LogP contribution in [0.15, 0.2) is 42.5 Å². The third kappa shape index (κ3) is 4.27. The minimum absolute atomic E-state index is 0.0709. The van der Waals surface area contributed by atoms with Crippen molar-refractivity contribution in [2.75, 3.05) is 24.6 Å². The van der Waals surface area contributed by atoms with Crippen LogP contribution in [-0.2, 0) is 0 Å². The molecular weight excluding hydrogens is 344 g/mol. The van der Waals surface area contributed by atoms with E-state index in [9.17, 15) is 14.9 Å². The number of benzene rings is 2. The van der Waals surface area contributed by atoms with Crippen molar-refractivity contribution >= 4 is 17.2 Å². The Labute approximate surface area is 158 Å². The Bertz CT molecular complexity index is 825. The summed E-state index contributed by atoms with van der Waals surface area (Å²) in [5, 5.41) is 11.2. The summed E-state index contributed by atoms with van der Waals surface area (Å²) in [5.41, 5.74) is 1.57. The van der Waals surface area contributed by atoms with Crippen LogP contribution < -0.4 is 9.64 Å². The summed E-state index contributed by atoms with van der Waals surface area (Å²) in [4.78, 5) is 26.0. The van der Waals surface area contributed by atoms with Gasteiger partial charge in [-0.1, -0.05) is 6.92 Å². The van der Waals surface area contributed by atoms with E-state index in [2.05, 4.69) is 11.8 Å². The molecule has 0 radical (unpaired) electrons. The monoisotopic (exact) mass is 368 g/mol. The Balaban J connectivity index is 1.96. The largest absolute Gasteiger partial charge is 0.494 e. The van der Waals surface area contributed by atoms with Gasteiger partial charge in [0, 0.05) is 36.5 Å². The normalized spacial score (nSPS) is 14.8. The average molecular weight is 368 g/mol. The summed E-state index contributed by atoms with van der Waals surface area (Å²) in [7, 11) is 0. The van der Waals surface area contributed by atoms with Gasteiger partial charge in [0.2, 0.25) is 0 Å². The minimum atomic E-state index is -0.461. The molecule has 142 valence electrons. The molecule has 1 aliphatic rings. The highest BCUT2D eigenvalue weighted by atomic mass is 16.6. The smallest absolute Gasteiger partial charge is 0.270 e. The van der Waals surface area contributed by atoms with E-state index in [-0.39, 0.29) is 11.5 Å². The molecule has 1 heterocycles. The zero-order valence-corrected chi connectivity index (χ0v) is 15.7. The molecule has 0 unspecified atom stereocenters. The number of piperidine rings is 1. The van der Waals surface area contributed by atoms with Crippen molar-refractivity contribution in [2.24, 2.45) is 5.92 Å². The fourth-order valence-corrected chi connectivity index (χ4v) is 3.37. The summed E-state index contributed by atoms with van der Waals surface area (Å²) >= 11 is 0. The lowest BCUT2D eigenvalue weighted by atomic mass is 9.96. The number of anilines is 1. The molecule has 0 atom stereocenters.